The van der Waals surface area contributed by atoms with Gasteiger partial charge in [0.25, 0.3) is 0 Å². The molecule has 7 nitrogen and oxygen atoms in total. The number of carbonyl (C=O) groups is 4. The summed E-state index contributed by atoms with van der Waals surface area (Å²) in [4.78, 5) is 49.3. The van der Waals surface area contributed by atoms with Gasteiger partial charge in [0.05, 0.1) is 23.5 Å². The molecule has 2 amide bonds. The Morgan fingerprint density at radius 2 is 1.85 bits per heavy atom. The van der Waals surface area contributed by atoms with Crippen molar-refractivity contribution in [3.05, 3.63) is 40.9 Å². The van der Waals surface area contributed by atoms with Gasteiger partial charge in [0.2, 0.25) is 11.8 Å². The highest BCUT2D eigenvalue weighted by atomic mass is 32.2. The van der Waals surface area contributed by atoms with E-state index in [1.165, 1.54) is 42.0 Å². The fraction of sp³-hybridized carbons (Fsp3) is 0.368. The zero-order chi connectivity index (χ0) is 20.2. The molecule has 0 saturated carbocycles. The molecule has 2 rings (SSSR count). The highest BCUT2D eigenvalue weighted by Crippen LogP contribution is 2.30. The van der Waals surface area contributed by atoms with Crippen molar-refractivity contribution in [1.82, 2.24) is 4.90 Å². The molecule has 0 unspecified atom stereocenters. The second kappa shape index (κ2) is 8.39. The molecule has 27 heavy (non-hydrogen) atoms. The molecule has 1 N–H and O–H groups in total. The van der Waals surface area contributed by atoms with E-state index in [0.717, 1.165) is 0 Å². The summed E-state index contributed by atoms with van der Waals surface area (Å²) < 4.78 is 4.62. The number of carbonyl (C=O) groups excluding carboxylic acids is 4. The van der Waals surface area contributed by atoms with E-state index >= 15 is 0 Å². The Labute approximate surface area is 162 Å². The van der Waals surface area contributed by atoms with Gasteiger partial charge < -0.3 is 10.1 Å². The number of ketones is 1. The third kappa shape index (κ3) is 5.43. The predicted molar refractivity (Wildman–Crippen MR) is 103 cm³/mol. The Balaban J connectivity index is 2.05. The minimum atomic E-state index is -0.561. The van der Waals surface area contributed by atoms with Gasteiger partial charge in [-0.05, 0) is 24.3 Å². The summed E-state index contributed by atoms with van der Waals surface area (Å²) in [6.07, 6.45) is 1.42. The molecule has 1 aromatic carbocycles. The van der Waals surface area contributed by atoms with Crippen LogP contribution in [-0.4, -0.2) is 47.9 Å². The van der Waals surface area contributed by atoms with E-state index in [9.17, 15) is 19.2 Å². The number of methoxy groups -OCH3 is 1. The zero-order valence-electron chi connectivity index (χ0n) is 15.7. The first-order valence-electron chi connectivity index (χ1n) is 8.29. The maximum absolute atomic E-state index is 12.3. The van der Waals surface area contributed by atoms with E-state index in [0.29, 0.717) is 16.3 Å². The van der Waals surface area contributed by atoms with Gasteiger partial charge in [0.1, 0.15) is 6.54 Å². The molecule has 8 heteroatoms. The second-order valence-electron chi connectivity index (χ2n) is 6.98. The number of hydrogen-bond donors (Lipinski definition) is 1. The van der Waals surface area contributed by atoms with Crippen molar-refractivity contribution < 1.29 is 23.9 Å². The maximum Gasteiger partial charge on any atom is 0.337 e. The SMILES string of the molecule is COC(=O)c1ccc(NC(=O)CN2C(=O)CS/C2=C\C(=O)C(C)(C)C)cc1. The number of rotatable bonds is 5. The van der Waals surface area contributed by atoms with Gasteiger partial charge in [-0.1, -0.05) is 32.5 Å². The van der Waals surface area contributed by atoms with Crippen LogP contribution in [0.15, 0.2) is 35.4 Å². The second-order valence-corrected chi connectivity index (χ2v) is 7.98. The van der Waals surface area contributed by atoms with Gasteiger partial charge in [-0.25, -0.2) is 4.79 Å². The molecule has 0 spiro atoms. The lowest BCUT2D eigenvalue weighted by Gasteiger charge is -2.19. The Kier molecular flexibility index (Phi) is 6.43. The normalized spacial score (nSPS) is 15.8. The fourth-order valence-electron chi connectivity index (χ4n) is 2.18. The molecule has 0 radical (unpaired) electrons. The monoisotopic (exact) mass is 390 g/mol. The van der Waals surface area contributed by atoms with Crippen molar-refractivity contribution in [1.29, 1.82) is 0 Å². The van der Waals surface area contributed by atoms with Gasteiger partial charge >= 0.3 is 5.97 Å². The number of nitrogens with one attached hydrogen (secondary N) is 1. The number of anilines is 1. The molecule has 1 heterocycles. The van der Waals surface area contributed by atoms with Gasteiger partial charge in [-0.2, -0.15) is 0 Å². The van der Waals surface area contributed by atoms with E-state index < -0.39 is 17.3 Å². The molecule has 144 valence electrons. The number of nitrogens with zero attached hydrogens (tertiary/aromatic N) is 1. The molecule has 0 atom stereocenters. The smallest absolute Gasteiger partial charge is 0.337 e. The third-order valence-electron chi connectivity index (χ3n) is 3.80. The lowest BCUT2D eigenvalue weighted by atomic mass is 9.91. The quantitative estimate of drug-likeness (QED) is 0.613. The van der Waals surface area contributed by atoms with E-state index in [4.69, 9.17) is 0 Å². The lowest BCUT2D eigenvalue weighted by Crippen LogP contribution is -2.34. The Bertz CT molecular complexity index is 793. The zero-order valence-corrected chi connectivity index (χ0v) is 16.5. The number of esters is 1. The van der Waals surface area contributed by atoms with Crippen molar-refractivity contribution in [3.63, 3.8) is 0 Å². The topological polar surface area (TPSA) is 92.8 Å². The van der Waals surface area contributed by atoms with Crippen LogP contribution in [0.4, 0.5) is 5.69 Å². The van der Waals surface area contributed by atoms with Crippen LogP contribution in [0, 0.1) is 5.41 Å². The van der Waals surface area contributed by atoms with Crippen LogP contribution in [0.3, 0.4) is 0 Å². The Hall–Kier alpha value is -2.61. The summed E-state index contributed by atoms with van der Waals surface area (Å²) in [7, 11) is 1.29. The largest absolute Gasteiger partial charge is 0.465 e. The van der Waals surface area contributed by atoms with Gasteiger partial charge in [0.15, 0.2) is 5.78 Å². The molecule has 0 aromatic heterocycles. The number of amides is 2. The predicted octanol–water partition coefficient (Wildman–Crippen LogP) is 2.44. The summed E-state index contributed by atoms with van der Waals surface area (Å²) in [5.41, 5.74) is 0.296. The van der Waals surface area contributed by atoms with E-state index in [-0.39, 0.29) is 24.0 Å². The molecule has 1 aliphatic heterocycles. The van der Waals surface area contributed by atoms with Gasteiger partial charge in [0, 0.05) is 17.2 Å². The standard InChI is InChI=1S/C19H22N2O5S/c1-19(2,3)14(22)9-17-21(16(24)11-27-17)10-15(23)20-13-7-5-12(6-8-13)18(25)26-4/h5-9H,10-11H2,1-4H3,(H,20,23)/b17-9-. The summed E-state index contributed by atoms with van der Waals surface area (Å²) in [6.45, 7) is 5.20. The molecular formula is C19H22N2O5S. The third-order valence-corrected chi connectivity index (χ3v) is 4.82. The van der Waals surface area contributed by atoms with Crippen LogP contribution in [-0.2, 0) is 19.1 Å². The Morgan fingerprint density at radius 1 is 1.22 bits per heavy atom. The number of thioether (sulfide) groups is 1. The van der Waals surface area contributed by atoms with Crippen LogP contribution in [0.5, 0.6) is 0 Å². The van der Waals surface area contributed by atoms with Gasteiger partial charge in [-0.3, -0.25) is 19.3 Å². The lowest BCUT2D eigenvalue weighted by molar-refractivity contribution is -0.129. The van der Waals surface area contributed by atoms with E-state index in [1.807, 2.05) is 0 Å². The molecule has 0 aliphatic carbocycles. The van der Waals surface area contributed by atoms with Crippen LogP contribution in [0.2, 0.25) is 0 Å². The first-order valence-corrected chi connectivity index (χ1v) is 9.28. The summed E-state index contributed by atoms with van der Waals surface area (Å²) in [5.74, 6) is -0.992. The first-order chi connectivity index (χ1) is 12.6. The summed E-state index contributed by atoms with van der Waals surface area (Å²) in [5, 5.41) is 3.15. The maximum atomic E-state index is 12.3. The number of benzene rings is 1. The van der Waals surface area contributed by atoms with Crippen molar-refractivity contribution >= 4 is 41.0 Å². The van der Waals surface area contributed by atoms with Crippen molar-refractivity contribution in [2.24, 2.45) is 5.41 Å². The van der Waals surface area contributed by atoms with Crippen LogP contribution in [0.25, 0.3) is 0 Å². The van der Waals surface area contributed by atoms with Crippen molar-refractivity contribution in [3.8, 4) is 0 Å². The van der Waals surface area contributed by atoms with Crippen LogP contribution >= 0.6 is 11.8 Å². The molecule has 0 bridgehead atoms. The minimum Gasteiger partial charge on any atom is -0.465 e. The van der Waals surface area contributed by atoms with E-state index in [2.05, 4.69) is 10.1 Å². The fourth-order valence-corrected chi connectivity index (χ4v) is 3.12. The van der Waals surface area contributed by atoms with E-state index in [1.54, 1.807) is 32.9 Å². The van der Waals surface area contributed by atoms with Crippen LogP contribution < -0.4 is 5.32 Å². The molecule has 1 aliphatic rings. The van der Waals surface area contributed by atoms with Gasteiger partial charge in [-0.15, -0.1) is 0 Å². The first kappa shape index (κ1) is 20.7. The average Bonchev–Trinajstić information content (AvgIpc) is 2.94. The summed E-state index contributed by atoms with van der Waals surface area (Å²) >= 11 is 1.24. The highest BCUT2D eigenvalue weighted by Gasteiger charge is 2.30. The summed E-state index contributed by atoms with van der Waals surface area (Å²) in [6, 6.07) is 6.21. The van der Waals surface area contributed by atoms with Crippen LogP contribution in [0.1, 0.15) is 31.1 Å². The van der Waals surface area contributed by atoms with Crippen molar-refractivity contribution in [2.75, 3.05) is 24.7 Å². The average molecular weight is 390 g/mol. The number of hydrogen-bond acceptors (Lipinski definition) is 6. The number of ether oxygens (including phenoxy) is 1. The number of allylic oxidation sites excluding steroid dienone is 1. The van der Waals surface area contributed by atoms with Crippen molar-refractivity contribution in [2.45, 2.75) is 20.8 Å². The molecule has 1 fully saturated rings. The molecular weight excluding hydrogens is 368 g/mol. The minimum absolute atomic E-state index is 0.108. The Morgan fingerprint density at radius 3 is 2.41 bits per heavy atom. The molecule has 1 saturated heterocycles. The molecule has 1 aromatic rings. The highest BCUT2D eigenvalue weighted by molar-refractivity contribution is 8.04.